The van der Waals surface area contributed by atoms with E-state index in [-0.39, 0.29) is 30.4 Å². The van der Waals surface area contributed by atoms with E-state index in [4.69, 9.17) is 37.9 Å². The Hall–Kier alpha value is -4.29. The molecule has 5 saturated heterocycles. The number of benzene rings is 1. The molecule has 3 aromatic rings. The Bertz CT molecular complexity index is 2520. The van der Waals surface area contributed by atoms with Gasteiger partial charge in [0.25, 0.3) is 0 Å². The van der Waals surface area contributed by atoms with E-state index in [9.17, 15) is 15.0 Å². The summed E-state index contributed by atoms with van der Waals surface area (Å²) in [6.45, 7) is 20.5. The molecule has 0 radical (unpaired) electrons. The van der Waals surface area contributed by atoms with Crippen LogP contribution in [0.15, 0.2) is 49.1 Å². The van der Waals surface area contributed by atoms with Crippen molar-refractivity contribution < 1.29 is 62.1 Å². The van der Waals surface area contributed by atoms with E-state index < -0.39 is 120 Å². The van der Waals surface area contributed by atoms with Crippen molar-refractivity contribution in [2.75, 3.05) is 61.7 Å². The summed E-state index contributed by atoms with van der Waals surface area (Å²) in [4.78, 5) is 43.9. The van der Waals surface area contributed by atoms with Crippen LogP contribution in [0.3, 0.4) is 0 Å². The third-order valence-electron chi connectivity index (χ3n) is 19.3. The van der Waals surface area contributed by atoms with Gasteiger partial charge in [-0.15, -0.1) is 5.10 Å². The number of hydrogen-bond acceptors (Lipinski definition) is 18. The number of methoxy groups -OCH3 is 3. The molecule has 5 aliphatic rings. The molecule has 1 aromatic carbocycles. The van der Waals surface area contributed by atoms with E-state index in [2.05, 4.69) is 51.0 Å². The van der Waals surface area contributed by atoms with Crippen molar-refractivity contribution in [1.82, 2.24) is 39.7 Å². The predicted molar refractivity (Wildman–Crippen MR) is 295 cm³/mol. The largest absolute Gasteiger partial charge is 0.458 e. The number of aliphatic hydroxyl groups is 2. The molecule has 0 aliphatic carbocycles. The molecule has 80 heavy (non-hydrogen) atoms. The summed E-state index contributed by atoms with van der Waals surface area (Å²) in [5.41, 5.74) is -0.269. The van der Waals surface area contributed by atoms with Crippen LogP contribution in [0.25, 0.3) is 11.3 Å². The first-order valence-corrected chi connectivity index (χ1v) is 28.9. The van der Waals surface area contributed by atoms with Crippen LogP contribution in [0.4, 0.5) is 9.18 Å². The molecule has 7 heterocycles. The van der Waals surface area contributed by atoms with Crippen LogP contribution < -0.4 is 0 Å². The summed E-state index contributed by atoms with van der Waals surface area (Å²) in [7, 11) is 8.84. The van der Waals surface area contributed by atoms with E-state index in [1.165, 1.54) is 4.68 Å². The molecule has 21 heteroatoms. The minimum atomic E-state index is -1.16. The molecule has 21 atom stereocenters. The fourth-order valence-electron chi connectivity index (χ4n) is 14.9. The van der Waals surface area contributed by atoms with Crippen molar-refractivity contribution in [2.45, 2.75) is 197 Å². The Labute approximate surface area is 472 Å². The molecule has 0 spiro atoms. The number of cyclic esters (lactones) is 1. The van der Waals surface area contributed by atoms with Gasteiger partial charge in [-0.25, -0.2) is 13.9 Å². The van der Waals surface area contributed by atoms with Gasteiger partial charge in [-0.3, -0.25) is 19.7 Å². The molecule has 5 aliphatic heterocycles. The van der Waals surface area contributed by atoms with Crippen LogP contribution in [0.5, 0.6) is 0 Å². The second-order valence-corrected chi connectivity index (χ2v) is 24.5. The molecular weight excluding hydrogens is 1030 g/mol. The number of hydrogen-bond donors (Lipinski definition) is 2. The van der Waals surface area contributed by atoms with Crippen LogP contribution in [0, 0.1) is 29.6 Å². The third-order valence-corrected chi connectivity index (χ3v) is 19.3. The molecule has 2 aromatic heterocycles. The highest BCUT2D eigenvalue weighted by molar-refractivity contribution is 5.74. The number of esters is 1. The minimum Gasteiger partial charge on any atom is -0.458 e. The second kappa shape index (κ2) is 25.3. The van der Waals surface area contributed by atoms with Crippen molar-refractivity contribution in [3.8, 4) is 11.3 Å². The third kappa shape index (κ3) is 12.1. The average Bonchev–Trinajstić information content (AvgIpc) is 3.99. The Morgan fingerprint density at radius 3 is 2.29 bits per heavy atom. The van der Waals surface area contributed by atoms with Crippen LogP contribution in [-0.2, 0) is 49.1 Å². The summed E-state index contributed by atoms with van der Waals surface area (Å²) >= 11 is 0. The molecule has 1 amide bonds. The maximum absolute atomic E-state index is 15.2. The van der Waals surface area contributed by atoms with E-state index in [0.29, 0.717) is 51.0 Å². The number of carbonyl (C=O) groups is 2. The van der Waals surface area contributed by atoms with Gasteiger partial charge in [-0.05, 0) is 91.3 Å². The number of carbonyl (C=O) groups excluding carboxylic acids is 2. The number of likely N-dealkylation sites (N-methyl/N-ethyl adjacent to an activating group) is 2. The highest BCUT2D eigenvalue weighted by Gasteiger charge is 2.62. The first-order chi connectivity index (χ1) is 38.0. The standard InChI is InChI=1S/C59H91FN8O12/c1-16-46-59(10)51-37(6)48(66(12)25-26-67(51)56(72)80-59)33(2)28-58(9,75-15)53(35(4)47(36(5)54(71)78-46)45-29-57(8,74-14)52(70)38(7)77-45)79-55-49(69)43(27-34(3)76-55)65(11)24-21-41-32-68(64-63-41)44(30-60)50(73-13)40-19-17-39(18-20-40)42-31-61-22-23-62-42/h17-20,22-23,31-38,43-53,55,69-70H,16,21,24-30H2,1-15H3/t33-,34-,35+,36-,37+,38+,43+,44-,45?,46-,47+,48+,49-,50-,51-,52+,53-,55+,57-,58-,59-/m1/s1. The quantitative estimate of drug-likeness (QED) is 0.147. The zero-order valence-electron chi connectivity index (χ0n) is 49.8. The van der Waals surface area contributed by atoms with E-state index in [0.717, 1.165) is 16.8 Å². The van der Waals surface area contributed by atoms with Gasteiger partial charge in [-0.1, -0.05) is 64.1 Å². The summed E-state index contributed by atoms with van der Waals surface area (Å²) in [6.07, 6.45) is 1.11. The molecule has 446 valence electrons. The maximum atomic E-state index is 15.2. The Morgan fingerprint density at radius 1 is 0.938 bits per heavy atom. The first kappa shape index (κ1) is 61.8. The van der Waals surface area contributed by atoms with Gasteiger partial charge in [0.2, 0.25) is 0 Å². The number of nitrogens with zero attached hydrogens (tertiary/aromatic N) is 8. The van der Waals surface area contributed by atoms with Gasteiger partial charge in [0, 0.05) is 96.0 Å². The molecule has 5 fully saturated rings. The van der Waals surface area contributed by atoms with E-state index >= 15 is 9.18 Å². The lowest BCUT2D eigenvalue weighted by Crippen LogP contribution is -2.63. The number of ether oxygens (including phenoxy) is 8. The monoisotopic (exact) mass is 1120 g/mol. The number of aromatic nitrogens is 5. The van der Waals surface area contributed by atoms with Crippen molar-refractivity contribution >= 4 is 12.1 Å². The molecule has 2 bridgehead atoms. The van der Waals surface area contributed by atoms with Gasteiger partial charge < -0.3 is 57.9 Å². The van der Waals surface area contributed by atoms with Gasteiger partial charge in [-0.2, -0.15) is 0 Å². The fourth-order valence-corrected chi connectivity index (χ4v) is 14.9. The number of fused-ring (bicyclic) bond motifs is 1. The fraction of sp³-hybridized carbons (Fsp3) is 0.763. The zero-order chi connectivity index (χ0) is 58.2. The summed E-state index contributed by atoms with van der Waals surface area (Å²) in [5, 5.41) is 32.9. The SMILES string of the molecule is CC[C@H]1OC(=O)[C@H](C)[C@@H](C2C[C@@](C)(OC)[C@@H](O)[C@H](C)O2)[C@H](C)[C@@H](O[C@@H]2O[C@H](C)C[C@H](N(C)CCc3cn([C@H](CF)[C@H](OC)c4ccc(-c5cnccn5)cc4)nn3)[C@H]2O)[C@](C)(OC)C[C@@H](C)[C@H]2[C@H](C)[C@H]3N(CCN2C)C(=O)O[C@]13C. The first-order valence-electron chi connectivity index (χ1n) is 28.9. The normalized spacial score (nSPS) is 39.3. The van der Waals surface area contributed by atoms with Gasteiger partial charge in [0.1, 0.15) is 37.1 Å². The van der Waals surface area contributed by atoms with Crippen molar-refractivity contribution in [3.63, 3.8) is 0 Å². The van der Waals surface area contributed by atoms with Gasteiger partial charge in [0.15, 0.2) is 11.9 Å². The van der Waals surface area contributed by atoms with E-state index in [1.807, 2.05) is 84.7 Å². The zero-order valence-corrected chi connectivity index (χ0v) is 49.8. The van der Waals surface area contributed by atoms with Crippen molar-refractivity contribution in [2.24, 2.45) is 29.6 Å². The van der Waals surface area contributed by atoms with Crippen LogP contribution in [0.2, 0.25) is 0 Å². The number of aliphatic hydroxyl groups excluding tert-OH is 2. The van der Waals surface area contributed by atoms with Crippen LogP contribution in [-0.4, -0.2) is 208 Å². The summed E-state index contributed by atoms with van der Waals surface area (Å²) in [6, 6.07) is 5.88. The maximum Gasteiger partial charge on any atom is 0.410 e. The number of amides is 1. The summed E-state index contributed by atoms with van der Waals surface area (Å²) < 4.78 is 69.1. The number of halogens is 1. The van der Waals surface area contributed by atoms with Crippen molar-refractivity contribution in [1.29, 1.82) is 0 Å². The van der Waals surface area contributed by atoms with Crippen molar-refractivity contribution in [3.05, 3.63) is 60.3 Å². The average molecular weight is 1120 g/mol. The van der Waals surface area contributed by atoms with Gasteiger partial charge in [0.05, 0.1) is 65.2 Å². The lowest BCUT2D eigenvalue weighted by molar-refractivity contribution is -0.305. The Kier molecular flexibility index (Phi) is 19.5. The van der Waals surface area contributed by atoms with Gasteiger partial charge >= 0.3 is 12.1 Å². The van der Waals surface area contributed by atoms with Crippen LogP contribution in [0.1, 0.15) is 118 Å². The Morgan fingerprint density at radius 2 is 1.65 bits per heavy atom. The van der Waals surface area contributed by atoms with Crippen LogP contribution >= 0.6 is 0 Å². The highest BCUT2D eigenvalue weighted by atomic mass is 19.1. The smallest absolute Gasteiger partial charge is 0.410 e. The predicted octanol–water partition coefficient (Wildman–Crippen LogP) is 6.49. The molecule has 1 unspecified atom stereocenters. The molecular formula is C59H91FN8O12. The molecule has 20 nitrogen and oxygen atoms in total. The minimum absolute atomic E-state index is 0.0618. The Balaban J connectivity index is 1.08. The topological polar surface area (TPSA) is 215 Å². The lowest BCUT2D eigenvalue weighted by atomic mass is 9.67. The number of rotatable bonds is 16. The molecule has 8 rings (SSSR count). The highest BCUT2D eigenvalue weighted by Crippen LogP contribution is 2.49. The number of alkyl halides is 1. The molecule has 0 saturated carbocycles. The summed E-state index contributed by atoms with van der Waals surface area (Å²) in [5.74, 6) is -2.72. The lowest BCUT2D eigenvalue weighted by Gasteiger charge is -2.53. The second-order valence-electron chi connectivity index (χ2n) is 24.5. The molecule has 2 N–H and O–H groups in total. The van der Waals surface area contributed by atoms with E-state index in [1.54, 1.807) is 53.0 Å².